The molecule has 0 atom stereocenters. The van der Waals surface area contributed by atoms with Gasteiger partial charge in [-0.25, -0.2) is 4.79 Å². The molecule has 0 spiro atoms. The molecule has 0 fully saturated rings. The molecule has 0 unspecified atom stereocenters. The zero-order valence-corrected chi connectivity index (χ0v) is 12.7. The number of esters is 1. The number of nitrogens with one attached hydrogen (secondary N) is 3. The molecule has 2 rings (SSSR count). The summed E-state index contributed by atoms with van der Waals surface area (Å²) in [5.41, 5.74) is 1.65. The normalized spacial score (nSPS) is 10.0. The van der Waals surface area contributed by atoms with Crippen molar-refractivity contribution in [3.63, 3.8) is 0 Å². The lowest BCUT2D eigenvalue weighted by Gasteiger charge is -2.06. The van der Waals surface area contributed by atoms with Gasteiger partial charge >= 0.3 is 5.97 Å². The van der Waals surface area contributed by atoms with E-state index in [0.29, 0.717) is 11.5 Å². The van der Waals surface area contributed by atoms with Gasteiger partial charge in [-0.1, -0.05) is 0 Å². The van der Waals surface area contributed by atoms with Gasteiger partial charge in [-0.15, -0.1) is 0 Å². The van der Waals surface area contributed by atoms with E-state index in [9.17, 15) is 14.4 Å². The Balaban J connectivity index is 1.84. The van der Waals surface area contributed by atoms with Crippen LogP contribution in [0, 0.1) is 6.92 Å². The summed E-state index contributed by atoms with van der Waals surface area (Å²) in [5, 5.41) is 11.6. The van der Waals surface area contributed by atoms with Gasteiger partial charge in [0.1, 0.15) is 0 Å². The third-order valence-electron chi connectivity index (χ3n) is 2.75. The Labute approximate surface area is 132 Å². The number of benzene rings is 1. The van der Waals surface area contributed by atoms with Crippen LogP contribution in [0.1, 0.15) is 23.0 Å². The lowest BCUT2D eigenvalue weighted by molar-refractivity contribution is -0.119. The fraction of sp³-hybridized carbons (Fsp3) is 0.200. The van der Waals surface area contributed by atoms with E-state index in [1.54, 1.807) is 25.1 Å². The maximum absolute atomic E-state index is 11.8. The van der Waals surface area contributed by atoms with Gasteiger partial charge in [0, 0.05) is 24.4 Å². The number of aromatic nitrogens is 2. The van der Waals surface area contributed by atoms with Gasteiger partial charge in [-0.2, -0.15) is 5.10 Å². The number of ether oxygens (including phenoxy) is 1. The maximum atomic E-state index is 11.8. The van der Waals surface area contributed by atoms with Crippen molar-refractivity contribution >= 4 is 29.3 Å². The quantitative estimate of drug-likeness (QED) is 0.723. The number of amides is 2. The zero-order chi connectivity index (χ0) is 16.8. The summed E-state index contributed by atoms with van der Waals surface area (Å²) in [6.45, 7) is 2.77. The van der Waals surface area contributed by atoms with E-state index in [1.807, 2.05) is 0 Å². The van der Waals surface area contributed by atoms with Gasteiger partial charge in [0.2, 0.25) is 5.91 Å². The van der Waals surface area contributed by atoms with Crippen LogP contribution in [-0.2, 0) is 14.3 Å². The number of carbonyl (C=O) groups excluding carboxylic acids is 3. The average molecular weight is 316 g/mol. The predicted octanol–water partition coefficient (Wildman–Crippen LogP) is 1.47. The minimum atomic E-state index is -0.632. The SMILES string of the molecule is CC(=O)Nc1ccc(C(=O)OCC(=O)Nc2cc(C)[nH]n2)cc1. The highest BCUT2D eigenvalue weighted by Gasteiger charge is 2.11. The number of hydrogen-bond donors (Lipinski definition) is 3. The summed E-state index contributed by atoms with van der Waals surface area (Å²) in [6, 6.07) is 7.81. The van der Waals surface area contributed by atoms with Crippen LogP contribution in [0.5, 0.6) is 0 Å². The van der Waals surface area contributed by atoms with E-state index in [4.69, 9.17) is 4.74 Å². The van der Waals surface area contributed by atoms with Crippen LogP contribution in [0.4, 0.5) is 11.5 Å². The second-order valence-electron chi connectivity index (χ2n) is 4.82. The fourth-order valence-corrected chi connectivity index (χ4v) is 1.77. The summed E-state index contributed by atoms with van der Waals surface area (Å²) in [4.78, 5) is 34.4. The molecular weight excluding hydrogens is 300 g/mol. The molecule has 0 bridgehead atoms. The minimum absolute atomic E-state index is 0.203. The molecule has 0 aliphatic heterocycles. The lowest BCUT2D eigenvalue weighted by Crippen LogP contribution is -2.21. The van der Waals surface area contributed by atoms with Crippen LogP contribution >= 0.6 is 0 Å². The second-order valence-corrected chi connectivity index (χ2v) is 4.82. The Morgan fingerprint density at radius 2 is 1.87 bits per heavy atom. The van der Waals surface area contributed by atoms with E-state index >= 15 is 0 Å². The van der Waals surface area contributed by atoms with Crippen LogP contribution in [0.2, 0.25) is 0 Å². The topological polar surface area (TPSA) is 113 Å². The second kappa shape index (κ2) is 7.21. The molecule has 120 valence electrons. The van der Waals surface area contributed by atoms with Gasteiger partial charge in [0.15, 0.2) is 12.4 Å². The molecule has 2 amide bonds. The van der Waals surface area contributed by atoms with E-state index in [0.717, 1.165) is 5.69 Å². The van der Waals surface area contributed by atoms with Crippen LogP contribution in [-0.4, -0.2) is 34.6 Å². The molecule has 8 nitrogen and oxygen atoms in total. The molecule has 1 aromatic heterocycles. The molecule has 1 heterocycles. The number of carbonyl (C=O) groups is 3. The highest BCUT2D eigenvalue weighted by atomic mass is 16.5. The Morgan fingerprint density at radius 1 is 1.17 bits per heavy atom. The van der Waals surface area contributed by atoms with Crippen LogP contribution < -0.4 is 10.6 Å². The summed E-state index contributed by atoms with van der Waals surface area (Å²) >= 11 is 0. The van der Waals surface area contributed by atoms with Crippen molar-refractivity contribution in [1.29, 1.82) is 0 Å². The number of aromatic amines is 1. The molecule has 0 aliphatic rings. The molecule has 0 radical (unpaired) electrons. The first-order valence-electron chi connectivity index (χ1n) is 6.80. The number of hydrogen-bond acceptors (Lipinski definition) is 5. The standard InChI is InChI=1S/C15H16N4O4/c1-9-7-13(19-18-9)17-14(21)8-23-15(22)11-3-5-12(6-4-11)16-10(2)20/h3-7H,8H2,1-2H3,(H,16,20)(H2,17,18,19,21). The third-order valence-corrected chi connectivity index (χ3v) is 2.75. The zero-order valence-electron chi connectivity index (χ0n) is 12.7. The molecule has 23 heavy (non-hydrogen) atoms. The summed E-state index contributed by atoms with van der Waals surface area (Å²) < 4.78 is 4.91. The van der Waals surface area contributed by atoms with Crippen molar-refractivity contribution in [2.24, 2.45) is 0 Å². The van der Waals surface area contributed by atoms with Gasteiger partial charge in [-0.05, 0) is 31.2 Å². The fourth-order valence-electron chi connectivity index (χ4n) is 1.77. The Hall–Kier alpha value is -3.16. The number of H-pyrrole nitrogens is 1. The Kier molecular flexibility index (Phi) is 5.08. The number of rotatable bonds is 5. The van der Waals surface area contributed by atoms with Crippen molar-refractivity contribution in [2.75, 3.05) is 17.2 Å². The largest absolute Gasteiger partial charge is 0.452 e. The molecule has 3 N–H and O–H groups in total. The number of nitrogens with zero attached hydrogens (tertiary/aromatic N) is 1. The van der Waals surface area contributed by atoms with E-state index < -0.39 is 18.5 Å². The predicted molar refractivity (Wildman–Crippen MR) is 83.0 cm³/mol. The first kappa shape index (κ1) is 16.2. The highest BCUT2D eigenvalue weighted by Crippen LogP contribution is 2.10. The lowest BCUT2D eigenvalue weighted by atomic mass is 10.2. The highest BCUT2D eigenvalue weighted by molar-refractivity contribution is 5.95. The first-order valence-corrected chi connectivity index (χ1v) is 6.80. The van der Waals surface area contributed by atoms with Gasteiger partial charge in [-0.3, -0.25) is 14.7 Å². The average Bonchev–Trinajstić information content (AvgIpc) is 2.90. The number of anilines is 2. The molecule has 2 aromatic rings. The van der Waals surface area contributed by atoms with Crippen molar-refractivity contribution in [2.45, 2.75) is 13.8 Å². The summed E-state index contributed by atoms with van der Waals surface area (Å²) in [5.74, 6) is -0.957. The van der Waals surface area contributed by atoms with E-state index in [1.165, 1.54) is 19.1 Å². The van der Waals surface area contributed by atoms with Crippen LogP contribution in [0.25, 0.3) is 0 Å². The smallest absolute Gasteiger partial charge is 0.338 e. The number of aryl methyl sites for hydroxylation is 1. The van der Waals surface area contributed by atoms with E-state index in [2.05, 4.69) is 20.8 Å². The Morgan fingerprint density at radius 3 is 2.43 bits per heavy atom. The monoisotopic (exact) mass is 316 g/mol. The molecule has 8 heteroatoms. The minimum Gasteiger partial charge on any atom is -0.452 e. The van der Waals surface area contributed by atoms with Crippen molar-refractivity contribution in [1.82, 2.24) is 10.2 Å². The van der Waals surface area contributed by atoms with Crippen LogP contribution in [0.3, 0.4) is 0 Å². The third kappa shape index (κ3) is 4.95. The Bertz CT molecular complexity index is 721. The maximum Gasteiger partial charge on any atom is 0.338 e. The van der Waals surface area contributed by atoms with Gasteiger partial charge in [0.05, 0.1) is 5.56 Å². The molecule has 0 aliphatic carbocycles. The first-order chi connectivity index (χ1) is 10.9. The van der Waals surface area contributed by atoms with Gasteiger partial charge < -0.3 is 15.4 Å². The molecule has 0 saturated carbocycles. The summed E-state index contributed by atoms with van der Waals surface area (Å²) in [7, 11) is 0. The van der Waals surface area contributed by atoms with Crippen LogP contribution in [0.15, 0.2) is 30.3 Å². The molecule has 0 saturated heterocycles. The molecular formula is C15H16N4O4. The van der Waals surface area contributed by atoms with Crippen molar-refractivity contribution in [3.8, 4) is 0 Å². The van der Waals surface area contributed by atoms with Gasteiger partial charge in [0.25, 0.3) is 5.91 Å². The van der Waals surface area contributed by atoms with Crippen molar-refractivity contribution in [3.05, 3.63) is 41.6 Å². The van der Waals surface area contributed by atoms with Crippen molar-refractivity contribution < 1.29 is 19.1 Å². The molecule has 1 aromatic carbocycles. The summed E-state index contributed by atoms with van der Waals surface area (Å²) in [6.07, 6.45) is 0. The van der Waals surface area contributed by atoms with E-state index in [-0.39, 0.29) is 11.5 Å².